The van der Waals surface area contributed by atoms with Gasteiger partial charge in [-0.1, -0.05) is 11.8 Å². The molecule has 3 aromatic rings. The molecule has 0 saturated carbocycles. The van der Waals surface area contributed by atoms with Crippen molar-refractivity contribution >= 4 is 56.0 Å². The fraction of sp³-hybridized carbons (Fsp3) is 0.312. The molecule has 1 N–H and O–H groups in total. The molecule has 0 aliphatic heterocycles. The summed E-state index contributed by atoms with van der Waals surface area (Å²) in [4.78, 5) is 27.9. The minimum absolute atomic E-state index is 0.0829. The smallest absolute Gasteiger partial charge is 0.311 e. The van der Waals surface area contributed by atoms with E-state index in [1.165, 1.54) is 23.1 Å². The topological polar surface area (TPSA) is 112 Å². The van der Waals surface area contributed by atoms with Gasteiger partial charge in [0.15, 0.2) is 26.5 Å². The molecule has 3 aromatic heterocycles. The van der Waals surface area contributed by atoms with Crippen molar-refractivity contribution in [2.75, 3.05) is 17.7 Å². The van der Waals surface area contributed by atoms with E-state index in [4.69, 9.17) is 9.15 Å². The summed E-state index contributed by atoms with van der Waals surface area (Å²) in [5, 5.41) is 13.6. The number of anilines is 1. The summed E-state index contributed by atoms with van der Waals surface area (Å²) in [6.45, 7) is 2.07. The van der Waals surface area contributed by atoms with Gasteiger partial charge in [0, 0.05) is 12.4 Å². The van der Waals surface area contributed by atoms with E-state index in [0.717, 1.165) is 0 Å². The van der Waals surface area contributed by atoms with E-state index in [2.05, 4.69) is 36.4 Å². The molecular formula is C16H16BrN5O4S2. The Morgan fingerprint density at radius 1 is 1.39 bits per heavy atom. The van der Waals surface area contributed by atoms with Crippen LogP contribution in [0.4, 0.5) is 5.13 Å². The maximum Gasteiger partial charge on any atom is 0.311 e. The number of amides is 1. The molecule has 3 heterocycles. The van der Waals surface area contributed by atoms with Gasteiger partial charge in [-0.05, 0) is 35.0 Å². The van der Waals surface area contributed by atoms with Crippen LogP contribution in [-0.2, 0) is 27.8 Å². The van der Waals surface area contributed by atoms with Crippen molar-refractivity contribution < 1.29 is 18.7 Å². The normalized spacial score (nSPS) is 10.8. The standard InChI is InChI=1S/C16H16BrN5O4S2/c1-3-25-13(24)6-9-7-27-15(18-9)19-12(23)8-28-16-21-20-14(22(16)2)10-4-5-11(17)26-10/h4-5,7H,3,6,8H2,1-2H3,(H,18,19,23). The van der Waals surface area contributed by atoms with Gasteiger partial charge in [0.05, 0.1) is 24.5 Å². The molecule has 0 saturated heterocycles. The Hall–Kier alpha value is -2.18. The Bertz CT molecular complexity index is 984. The lowest BCUT2D eigenvalue weighted by atomic mass is 10.3. The molecule has 3 rings (SSSR count). The van der Waals surface area contributed by atoms with Gasteiger partial charge in [-0.15, -0.1) is 21.5 Å². The van der Waals surface area contributed by atoms with Crippen LogP contribution in [0.1, 0.15) is 12.6 Å². The maximum absolute atomic E-state index is 12.2. The summed E-state index contributed by atoms with van der Waals surface area (Å²) >= 11 is 5.76. The fourth-order valence-corrected chi connectivity index (χ4v) is 3.92. The van der Waals surface area contributed by atoms with Crippen LogP contribution in [0.3, 0.4) is 0 Å². The summed E-state index contributed by atoms with van der Waals surface area (Å²) in [6, 6.07) is 3.56. The first-order chi connectivity index (χ1) is 13.5. The van der Waals surface area contributed by atoms with Crippen molar-refractivity contribution in [3.8, 4) is 11.6 Å². The van der Waals surface area contributed by atoms with Crippen LogP contribution in [0.15, 0.2) is 31.8 Å². The van der Waals surface area contributed by atoms with Gasteiger partial charge in [-0.25, -0.2) is 4.98 Å². The molecule has 12 heteroatoms. The predicted molar refractivity (Wildman–Crippen MR) is 108 cm³/mol. The molecule has 0 radical (unpaired) electrons. The summed E-state index contributed by atoms with van der Waals surface area (Å²) in [5.74, 6) is 0.711. The molecule has 0 spiro atoms. The molecule has 28 heavy (non-hydrogen) atoms. The highest BCUT2D eigenvalue weighted by Crippen LogP contribution is 2.26. The highest BCUT2D eigenvalue weighted by atomic mass is 79.9. The number of carbonyl (C=O) groups is 2. The van der Waals surface area contributed by atoms with E-state index in [-0.39, 0.29) is 24.1 Å². The van der Waals surface area contributed by atoms with E-state index < -0.39 is 0 Å². The largest absolute Gasteiger partial charge is 0.466 e. The van der Waals surface area contributed by atoms with Crippen molar-refractivity contribution in [2.24, 2.45) is 7.05 Å². The van der Waals surface area contributed by atoms with E-state index in [1.54, 1.807) is 36.1 Å². The van der Waals surface area contributed by atoms with Crippen molar-refractivity contribution in [1.82, 2.24) is 19.7 Å². The molecule has 0 aliphatic carbocycles. The number of esters is 1. The number of aromatic nitrogens is 4. The van der Waals surface area contributed by atoms with Crippen LogP contribution in [0.2, 0.25) is 0 Å². The average Bonchev–Trinajstić information content (AvgIpc) is 3.35. The Kier molecular flexibility index (Phi) is 6.86. The number of thiazole rings is 1. The Balaban J connectivity index is 1.53. The first-order valence-electron chi connectivity index (χ1n) is 8.14. The second kappa shape index (κ2) is 9.34. The molecule has 9 nitrogen and oxygen atoms in total. The van der Waals surface area contributed by atoms with Gasteiger partial charge in [0.25, 0.3) is 0 Å². The van der Waals surface area contributed by atoms with Crippen LogP contribution in [0, 0.1) is 0 Å². The summed E-state index contributed by atoms with van der Waals surface area (Å²) in [7, 11) is 1.80. The first-order valence-corrected chi connectivity index (χ1v) is 10.8. The number of rotatable bonds is 8. The summed E-state index contributed by atoms with van der Waals surface area (Å²) in [6.07, 6.45) is 0.0829. The minimum Gasteiger partial charge on any atom is -0.466 e. The van der Waals surface area contributed by atoms with Gasteiger partial charge < -0.3 is 19.0 Å². The number of thioether (sulfide) groups is 1. The van der Waals surface area contributed by atoms with Gasteiger partial charge in [0.2, 0.25) is 5.91 Å². The monoisotopic (exact) mass is 485 g/mol. The lowest BCUT2D eigenvalue weighted by Gasteiger charge is -2.03. The molecule has 0 unspecified atom stereocenters. The highest BCUT2D eigenvalue weighted by Gasteiger charge is 2.16. The lowest BCUT2D eigenvalue weighted by Crippen LogP contribution is -2.14. The molecule has 0 bridgehead atoms. The van der Waals surface area contributed by atoms with Crippen molar-refractivity contribution in [3.05, 3.63) is 27.9 Å². The number of hydrogen-bond donors (Lipinski definition) is 1. The number of carbonyl (C=O) groups excluding carboxylic acids is 2. The molecule has 148 valence electrons. The number of ether oxygens (including phenoxy) is 1. The second-order valence-corrected chi connectivity index (χ2v) is 8.01. The number of furan rings is 1. The lowest BCUT2D eigenvalue weighted by molar-refractivity contribution is -0.142. The predicted octanol–water partition coefficient (Wildman–Crippen LogP) is 3.13. The number of nitrogens with zero attached hydrogens (tertiary/aromatic N) is 4. The van der Waals surface area contributed by atoms with Crippen LogP contribution in [0.5, 0.6) is 0 Å². The summed E-state index contributed by atoms with van der Waals surface area (Å²) < 4.78 is 12.7. The van der Waals surface area contributed by atoms with Crippen molar-refractivity contribution in [1.29, 1.82) is 0 Å². The SMILES string of the molecule is CCOC(=O)Cc1csc(NC(=O)CSc2nnc(-c3ccc(Br)o3)n2C)n1. The van der Waals surface area contributed by atoms with Gasteiger partial charge >= 0.3 is 5.97 Å². The van der Waals surface area contributed by atoms with Gasteiger partial charge in [0.1, 0.15) is 0 Å². The molecule has 1 amide bonds. The van der Waals surface area contributed by atoms with Crippen LogP contribution in [0.25, 0.3) is 11.6 Å². The number of halogens is 1. The summed E-state index contributed by atoms with van der Waals surface area (Å²) in [5.41, 5.74) is 0.564. The maximum atomic E-state index is 12.2. The number of nitrogens with one attached hydrogen (secondary N) is 1. The zero-order valence-corrected chi connectivity index (χ0v) is 18.2. The van der Waals surface area contributed by atoms with E-state index in [0.29, 0.717) is 38.8 Å². The van der Waals surface area contributed by atoms with Gasteiger partial charge in [-0.2, -0.15) is 0 Å². The van der Waals surface area contributed by atoms with E-state index in [9.17, 15) is 9.59 Å². The highest BCUT2D eigenvalue weighted by molar-refractivity contribution is 9.10. The first kappa shape index (κ1) is 20.6. The van der Waals surface area contributed by atoms with Crippen molar-refractivity contribution in [3.63, 3.8) is 0 Å². The Morgan fingerprint density at radius 3 is 2.93 bits per heavy atom. The zero-order valence-electron chi connectivity index (χ0n) is 15.0. The minimum atomic E-state index is -0.345. The quantitative estimate of drug-likeness (QED) is 0.382. The third-order valence-electron chi connectivity index (χ3n) is 3.39. The van der Waals surface area contributed by atoms with Crippen LogP contribution in [-0.4, -0.2) is 44.0 Å². The third-order valence-corrected chi connectivity index (χ3v) is 5.64. The van der Waals surface area contributed by atoms with Gasteiger partial charge in [-0.3, -0.25) is 9.59 Å². The zero-order chi connectivity index (χ0) is 20.1. The molecule has 0 aliphatic rings. The Labute approximate surface area is 177 Å². The third kappa shape index (κ3) is 5.20. The molecule has 0 aromatic carbocycles. The van der Waals surface area contributed by atoms with Crippen LogP contribution >= 0.6 is 39.0 Å². The van der Waals surface area contributed by atoms with Crippen LogP contribution < -0.4 is 5.32 Å². The fourth-order valence-electron chi connectivity index (χ4n) is 2.18. The second-order valence-electron chi connectivity index (χ2n) is 5.43. The van der Waals surface area contributed by atoms with Crippen molar-refractivity contribution in [2.45, 2.75) is 18.5 Å². The molecular weight excluding hydrogens is 470 g/mol. The average molecular weight is 486 g/mol. The van der Waals surface area contributed by atoms with E-state index >= 15 is 0 Å². The Morgan fingerprint density at radius 2 is 2.21 bits per heavy atom. The molecule has 0 fully saturated rings. The number of hydrogen-bond acceptors (Lipinski definition) is 9. The molecule has 0 atom stereocenters. The van der Waals surface area contributed by atoms with E-state index in [1.807, 2.05) is 0 Å².